The Morgan fingerprint density at radius 1 is 0.667 bits per heavy atom. The predicted molar refractivity (Wildman–Crippen MR) is 50.9 cm³/mol. The maximum Gasteiger partial charge on any atom is -0.0135 e. The number of hydrogen-bond donors (Lipinski definition) is 0. The minimum atomic E-state index is 1.08. The fourth-order valence-electron chi connectivity index (χ4n) is 3.67. The molecule has 2 fully saturated rings. The van der Waals surface area contributed by atoms with E-state index in [1.54, 1.807) is 0 Å². The molecule has 0 aromatic carbocycles. The Balaban J connectivity index is 1.88. The molecular formula is C12H18. The topological polar surface area (TPSA) is 0 Å². The second-order valence-electron chi connectivity index (χ2n) is 4.76. The van der Waals surface area contributed by atoms with Gasteiger partial charge < -0.3 is 0 Å². The van der Waals surface area contributed by atoms with Crippen LogP contribution < -0.4 is 0 Å². The average molecular weight is 162 g/mol. The van der Waals surface area contributed by atoms with Gasteiger partial charge in [0, 0.05) is 0 Å². The molecule has 0 heterocycles. The van der Waals surface area contributed by atoms with Crippen molar-refractivity contribution in [2.45, 2.75) is 51.4 Å². The summed E-state index contributed by atoms with van der Waals surface area (Å²) in [5.74, 6) is 2.16. The molecule has 66 valence electrons. The summed E-state index contributed by atoms with van der Waals surface area (Å²) in [7, 11) is 0. The van der Waals surface area contributed by atoms with Crippen LogP contribution in [0.2, 0.25) is 0 Å². The van der Waals surface area contributed by atoms with E-state index in [-0.39, 0.29) is 0 Å². The molecule has 12 heavy (non-hydrogen) atoms. The van der Waals surface area contributed by atoms with Crippen LogP contribution in [0.4, 0.5) is 0 Å². The highest BCUT2D eigenvalue weighted by molar-refractivity contribution is 5.34. The van der Waals surface area contributed by atoms with Crippen LogP contribution in [0.3, 0.4) is 0 Å². The molecule has 0 unspecified atom stereocenters. The zero-order chi connectivity index (χ0) is 7.97. The Labute approximate surface area is 75.0 Å². The van der Waals surface area contributed by atoms with Crippen LogP contribution in [0.25, 0.3) is 0 Å². The molecule has 0 nitrogen and oxygen atoms in total. The molecule has 0 aromatic heterocycles. The van der Waals surface area contributed by atoms with Crippen LogP contribution in [-0.2, 0) is 0 Å². The summed E-state index contributed by atoms with van der Waals surface area (Å²) in [6.45, 7) is 0. The Morgan fingerprint density at radius 3 is 1.67 bits per heavy atom. The van der Waals surface area contributed by atoms with Crippen molar-refractivity contribution >= 4 is 0 Å². The average Bonchev–Trinajstić information content (AvgIpc) is 2.14. The van der Waals surface area contributed by atoms with Gasteiger partial charge in [-0.15, -0.1) is 0 Å². The third-order valence-electron chi connectivity index (χ3n) is 4.22. The molecule has 0 aromatic rings. The van der Waals surface area contributed by atoms with Gasteiger partial charge in [0.25, 0.3) is 0 Å². The summed E-state index contributed by atoms with van der Waals surface area (Å²) in [5, 5.41) is 0. The van der Waals surface area contributed by atoms with Crippen molar-refractivity contribution in [3.05, 3.63) is 11.1 Å². The van der Waals surface area contributed by atoms with Crippen molar-refractivity contribution in [1.82, 2.24) is 0 Å². The van der Waals surface area contributed by atoms with Gasteiger partial charge in [-0.3, -0.25) is 0 Å². The molecule has 0 saturated heterocycles. The highest BCUT2D eigenvalue weighted by Gasteiger charge is 2.41. The number of hydrogen-bond acceptors (Lipinski definition) is 0. The first kappa shape index (κ1) is 7.17. The monoisotopic (exact) mass is 162 g/mol. The van der Waals surface area contributed by atoms with Crippen molar-refractivity contribution in [2.75, 3.05) is 0 Å². The lowest BCUT2D eigenvalue weighted by molar-refractivity contribution is 0.242. The van der Waals surface area contributed by atoms with Gasteiger partial charge in [0.15, 0.2) is 0 Å². The molecule has 3 rings (SSSR count). The largest absolute Gasteiger partial charge is 0.0670 e. The van der Waals surface area contributed by atoms with E-state index >= 15 is 0 Å². The predicted octanol–water partition coefficient (Wildman–Crippen LogP) is 3.68. The van der Waals surface area contributed by atoms with E-state index in [1.165, 1.54) is 51.4 Å². The van der Waals surface area contributed by atoms with Gasteiger partial charge in [0.05, 0.1) is 0 Å². The van der Waals surface area contributed by atoms with Crippen LogP contribution in [0.15, 0.2) is 11.1 Å². The Kier molecular flexibility index (Phi) is 1.56. The third kappa shape index (κ3) is 0.841. The zero-order valence-electron chi connectivity index (χ0n) is 7.81. The summed E-state index contributed by atoms with van der Waals surface area (Å²) >= 11 is 0. The van der Waals surface area contributed by atoms with E-state index < -0.39 is 0 Å². The minimum Gasteiger partial charge on any atom is -0.0670 e. The zero-order valence-corrected chi connectivity index (χ0v) is 7.81. The molecule has 0 radical (unpaired) electrons. The summed E-state index contributed by atoms with van der Waals surface area (Å²) in [5.41, 5.74) is 3.84. The second-order valence-corrected chi connectivity index (χ2v) is 4.76. The second kappa shape index (κ2) is 2.61. The highest BCUT2D eigenvalue weighted by Crippen LogP contribution is 2.54. The first-order chi connectivity index (χ1) is 5.97. The summed E-state index contributed by atoms with van der Waals surface area (Å²) < 4.78 is 0. The molecule has 0 aliphatic heterocycles. The summed E-state index contributed by atoms with van der Waals surface area (Å²) in [4.78, 5) is 0. The molecule has 0 bridgehead atoms. The Bertz CT molecular complexity index is 200. The maximum atomic E-state index is 1.92. The lowest BCUT2D eigenvalue weighted by Crippen LogP contribution is -2.35. The molecule has 3 aliphatic rings. The first-order valence-corrected chi connectivity index (χ1v) is 5.68. The summed E-state index contributed by atoms with van der Waals surface area (Å²) in [6.07, 6.45) is 12.0. The molecule has 0 amide bonds. The molecule has 0 heteroatoms. The molecule has 0 spiro atoms. The maximum absolute atomic E-state index is 1.92. The van der Waals surface area contributed by atoms with Crippen LogP contribution in [0.1, 0.15) is 51.4 Å². The number of rotatable bonds is 0. The quantitative estimate of drug-likeness (QED) is 0.477. The molecule has 0 N–H and O–H groups in total. The van der Waals surface area contributed by atoms with E-state index in [9.17, 15) is 0 Å². The van der Waals surface area contributed by atoms with Crippen molar-refractivity contribution in [2.24, 2.45) is 11.8 Å². The lowest BCUT2D eigenvalue weighted by atomic mass is 9.57. The molecule has 3 aliphatic carbocycles. The van der Waals surface area contributed by atoms with Crippen LogP contribution in [0.5, 0.6) is 0 Å². The smallest absolute Gasteiger partial charge is 0.0135 e. The molecular weight excluding hydrogens is 144 g/mol. The Morgan fingerprint density at radius 2 is 1.17 bits per heavy atom. The van der Waals surface area contributed by atoms with Gasteiger partial charge >= 0.3 is 0 Å². The third-order valence-corrected chi connectivity index (χ3v) is 4.22. The van der Waals surface area contributed by atoms with E-state index in [0.29, 0.717) is 0 Å². The highest BCUT2D eigenvalue weighted by atomic mass is 14.5. The van der Waals surface area contributed by atoms with Gasteiger partial charge in [-0.05, 0) is 50.4 Å². The SMILES string of the molecule is C1CC[C@@H]2C(=C3CCCC[C@H]32)C1. The van der Waals surface area contributed by atoms with Crippen LogP contribution >= 0.6 is 0 Å². The van der Waals surface area contributed by atoms with Gasteiger partial charge in [-0.1, -0.05) is 24.0 Å². The van der Waals surface area contributed by atoms with Gasteiger partial charge in [0.1, 0.15) is 0 Å². The van der Waals surface area contributed by atoms with Gasteiger partial charge in [-0.25, -0.2) is 0 Å². The van der Waals surface area contributed by atoms with Gasteiger partial charge in [0.2, 0.25) is 0 Å². The van der Waals surface area contributed by atoms with Gasteiger partial charge in [-0.2, -0.15) is 0 Å². The fraction of sp³-hybridized carbons (Fsp3) is 0.833. The standard InChI is InChI=1S/C12H18/c1-2-6-10-9(5-1)11-7-3-4-8-12(10)11/h9,11H,1-8H2/t9-,11+/m1/s1. The summed E-state index contributed by atoms with van der Waals surface area (Å²) in [6, 6.07) is 0. The van der Waals surface area contributed by atoms with Crippen molar-refractivity contribution < 1.29 is 0 Å². The molecule has 2 atom stereocenters. The van der Waals surface area contributed by atoms with Crippen LogP contribution in [-0.4, -0.2) is 0 Å². The minimum absolute atomic E-state index is 1.08. The number of allylic oxidation sites excluding steroid dienone is 2. The Hall–Kier alpha value is -0.260. The van der Waals surface area contributed by atoms with Crippen molar-refractivity contribution in [3.63, 3.8) is 0 Å². The number of fused-ring (bicyclic) bond motifs is 3. The van der Waals surface area contributed by atoms with E-state index in [2.05, 4.69) is 0 Å². The first-order valence-electron chi connectivity index (χ1n) is 5.68. The normalized spacial score (nSPS) is 40.0. The lowest BCUT2D eigenvalue weighted by Gasteiger charge is -2.48. The van der Waals surface area contributed by atoms with E-state index in [1.807, 2.05) is 11.1 Å². The van der Waals surface area contributed by atoms with E-state index in [4.69, 9.17) is 0 Å². The molecule has 2 saturated carbocycles. The van der Waals surface area contributed by atoms with Crippen LogP contribution in [0, 0.1) is 11.8 Å². The van der Waals surface area contributed by atoms with E-state index in [0.717, 1.165) is 11.8 Å². The fourth-order valence-corrected chi connectivity index (χ4v) is 3.67. The van der Waals surface area contributed by atoms with Crippen molar-refractivity contribution in [3.8, 4) is 0 Å². The van der Waals surface area contributed by atoms with Crippen molar-refractivity contribution in [1.29, 1.82) is 0 Å².